The first kappa shape index (κ1) is 13.4. The van der Waals surface area contributed by atoms with E-state index in [9.17, 15) is 0 Å². The summed E-state index contributed by atoms with van der Waals surface area (Å²) < 4.78 is 0. The molecule has 1 atom stereocenters. The maximum Gasteiger partial charge on any atom is 0.0981 e. The second-order valence-electron chi connectivity index (χ2n) is 4.58. The Morgan fingerprint density at radius 1 is 1.19 bits per heavy atom. The van der Waals surface area contributed by atoms with Crippen LogP contribution in [0, 0.1) is 0 Å². The lowest BCUT2D eigenvalue weighted by Gasteiger charge is -2.25. The molecular weight excluding hydrogens is 198 g/mol. The highest BCUT2D eigenvalue weighted by Gasteiger charge is 2.16. The van der Waals surface area contributed by atoms with Gasteiger partial charge in [0.25, 0.3) is 0 Å². The molecule has 0 radical (unpaired) electrons. The second-order valence-corrected chi connectivity index (χ2v) is 4.58. The smallest absolute Gasteiger partial charge is 0.0981 e. The van der Waals surface area contributed by atoms with Crippen LogP contribution in [0.15, 0.2) is 12.4 Å². The van der Waals surface area contributed by atoms with Gasteiger partial charge in [0.15, 0.2) is 0 Å². The standard InChI is InChI=1S/C13H27N3/c1-2-3-4-5-6-7-8-13-15-10-12-16(13)11-9-14/h10,12-13,15H,2-9,11,14H2,1H3. The molecule has 0 aromatic carbocycles. The molecule has 0 spiro atoms. The maximum atomic E-state index is 5.58. The van der Waals surface area contributed by atoms with E-state index >= 15 is 0 Å². The number of nitrogens with zero attached hydrogens (tertiary/aromatic N) is 1. The summed E-state index contributed by atoms with van der Waals surface area (Å²) in [5, 5.41) is 3.38. The van der Waals surface area contributed by atoms with Crippen molar-refractivity contribution in [2.24, 2.45) is 5.73 Å². The minimum Gasteiger partial charge on any atom is -0.370 e. The molecule has 0 saturated carbocycles. The zero-order chi connectivity index (χ0) is 11.6. The molecule has 0 aliphatic carbocycles. The fourth-order valence-electron chi connectivity index (χ4n) is 2.20. The molecular formula is C13H27N3. The van der Waals surface area contributed by atoms with Crippen LogP contribution in [0.4, 0.5) is 0 Å². The Kier molecular flexibility index (Phi) is 7.06. The van der Waals surface area contributed by atoms with Crippen molar-refractivity contribution in [1.29, 1.82) is 0 Å². The van der Waals surface area contributed by atoms with E-state index in [4.69, 9.17) is 5.73 Å². The molecule has 1 aliphatic rings. The van der Waals surface area contributed by atoms with E-state index in [-0.39, 0.29) is 0 Å². The van der Waals surface area contributed by atoms with Crippen molar-refractivity contribution in [3.05, 3.63) is 12.4 Å². The van der Waals surface area contributed by atoms with Gasteiger partial charge in [-0.2, -0.15) is 0 Å². The molecule has 1 heterocycles. The van der Waals surface area contributed by atoms with Crippen LogP contribution >= 0.6 is 0 Å². The van der Waals surface area contributed by atoms with E-state index in [1.807, 2.05) is 6.20 Å². The molecule has 3 nitrogen and oxygen atoms in total. The zero-order valence-electron chi connectivity index (χ0n) is 10.6. The van der Waals surface area contributed by atoms with Gasteiger partial charge in [-0.1, -0.05) is 39.0 Å². The van der Waals surface area contributed by atoms with Crippen molar-refractivity contribution in [3.8, 4) is 0 Å². The van der Waals surface area contributed by atoms with Gasteiger partial charge in [0.05, 0.1) is 6.17 Å². The van der Waals surface area contributed by atoms with Gasteiger partial charge < -0.3 is 16.0 Å². The number of nitrogens with one attached hydrogen (secondary N) is 1. The van der Waals surface area contributed by atoms with E-state index in [2.05, 4.69) is 23.3 Å². The highest BCUT2D eigenvalue weighted by molar-refractivity contribution is 4.93. The number of nitrogens with two attached hydrogens (primary N) is 1. The monoisotopic (exact) mass is 225 g/mol. The fraction of sp³-hybridized carbons (Fsp3) is 0.846. The van der Waals surface area contributed by atoms with E-state index in [0.717, 1.165) is 13.1 Å². The van der Waals surface area contributed by atoms with Gasteiger partial charge in [0.1, 0.15) is 0 Å². The Hall–Kier alpha value is -0.700. The predicted molar refractivity (Wildman–Crippen MR) is 69.8 cm³/mol. The molecule has 1 unspecified atom stereocenters. The minimum absolute atomic E-state index is 0.495. The quantitative estimate of drug-likeness (QED) is 0.592. The van der Waals surface area contributed by atoms with Crippen molar-refractivity contribution < 1.29 is 0 Å². The average molecular weight is 225 g/mol. The minimum atomic E-state index is 0.495. The Bertz CT molecular complexity index is 192. The Morgan fingerprint density at radius 3 is 2.69 bits per heavy atom. The van der Waals surface area contributed by atoms with Gasteiger partial charge >= 0.3 is 0 Å². The van der Waals surface area contributed by atoms with Gasteiger partial charge in [0, 0.05) is 25.5 Å². The van der Waals surface area contributed by atoms with E-state index < -0.39 is 0 Å². The largest absolute Gasteiger partial charge is 0.370 e. The van der Waals surface area contributed by atoms with Crippen LogP contribution in [0.25, 0.3) is 0 Å². The Morgan fingerprint density at radius 2 is 1.94 bits per heavy atom. The van der Waals surface area contributed by atoms with Crippen LogP contribution in [-0.4, -0.2) is 24.2 Å². The van der Waals surface area contributed by atoms with Crippen LogP contribution < -0.4 is 11.1 Å². The van der Waals surface area contributed by atoms with Crippen LogP contribution in [0.3, 0.4) is 0 Å². The lowest BCUT2D eigenvalue weighted by atomic mass is 10.1. The van der Waals surface area contributed by atoms with Crippen molar-refractivity contribution in [2.45, 2.75) is 58.0 Å². The Labute approximate surface area is 100 Å². The summed E-state index contributed by atoms with van der Waals surface area (Å²) >= 11 is 0. The number of rotatable bonds is 9. The van der Waals surface area contributed by atoms with Crippen molar-refractivity contribution >= 4 is 0 Å². The van der Waals surface area contributed by atoms with Crippen LogP contribution in [0.1, 0.15) is 51.9 Å². The van der Waals surface area contributed by atoms with Gasteiger partial charge in [-0.3, -0.25) is 0 Å². The van der Waals surface area contributed by atoms with Crippen LogP contribution in [0.5, 0.6) is 0 Å². The molecule has 3 heteroatoms. The first-order chi connectivity index (χ1) is 7.88. The molecule has 0 aromatic rings. The molecule has 0 bridgehead atoms. The summed E-state index contributed by atoms with van der Waals surface area (Å²) in [4.78, 5) is 2.31. The molecule has 0 amide bonds. The highest BCUT2D eigenvalue weighted by atomic mass is 15.3. The molecule has 0 aromatic heterocycles. The number of unbranched alkanes of at least 4 members (excludes halogenated alkanes) is 5. The third kappa shape index (κ3) is 4.88. The second kappa shape index (κ2) is 8.45. The summed E-state index contributed by atoms with van der Waals surface area (Å²) in [7, 11) is 0. The summed E-state index contributed by atoms with van der Waals surface area (Å²) in [5.74, 6) is 0. The molecule has 1 rings (SSSR count). The normalized spacial score (nSPS) is 19.1. The van der Waals surface area contributed by atoms with Gasteiger partial charge in [-0.05, 0) is 12.8 Å². The van der Waals surface area contributed by atoms with Crippen molar-refractivity contribution in [3.63, 3.8) is 0 Å². The van der Waals surface area contributed by atoms with Crippen molar-refractivity contribution in [1.82, 2.24) is 10.2 Å². The third-order valence-corrected chi connectivity index (χ3v) is 3.17. The molecule has 16 heavy (non-hydrogen) atoms. The fourth-order valence-corrected chi connectivity index (χ4v) is 2.20. The average Bonchev–Trinajstić information content (AvgIpc) is 2.72. The van der Waals surface area contributed by atoms with Gasteiger partial charge in [-0.15, -0.1) is 0 Å². The lowest BCUT2D eigenvalue weighted by molar-refractivity contribution is 0.264. The van der Waals surface area contributed by atoms with E-state index in [0.29, 0.717) is 6.17 Å². The van der Waals surface area contributed by atoms with Gasteiger partial charge in [-0.25, -0.2) is 0 Å². The van der Waals surface area contributed by atoms with Gasteiger partial charge in [0.2, 0.25) is 0 Å². The van der Waals surface area contributed by atoms with E-state index in [1.54, 1.807) is 0 Å². The predicted octanol–water partition coefficient (Wildman–Crippen LogP) is 2.40. The third-order valence-electron chi connectivity index (χ3n) is 3.17. The SMILES string of the molecule is CCCCCCCCC1NC=CN1CCN. The number of hydrogen-bond donors (Lipinski definition) is 2. The number of hydrogen-bond acceptors (Lipinski definition) is 3. The summed E-state index contributed by atoms with van der Waals surface area (Å²) in [5.41, 5.74) is 5.58. The highest BCUT2D eigenvalue weighted by Crippen LogP contribution is 2.13. The van der Waals surface area contributed by atoms with Crippen LogP contribution in [-0.2, 0) is 0 Å². The molecule has 3 N–H and O–H groups in total. The molecule has 0 fully saturated rings. The topological polar surface area (TPSA) is 41.3 Å². The molecule has 1 aliphatic heterocycles. The maximum absolute atomic E-state index is 5.58. The Balaban J connectivity index is 2.00. The molecule has 0 saturated heterocycles. The lowest BCUT2D eigenvalue weighted by Crippen LogP contribution is -2.37. The first-order valence-corrected chi connectivity index (χ1v) is 6.77. The van der Waals surface area contributed by atoms with Crippen molar-refractivity contribution in [2.75, 3.05) is 13.1 Å². The first-order valence-electron chi connectivity index (χ1n) is 6.77. The zero-order valence-corrected chi connectivity index (χ0v) is 10.6. The molecule has 94 valence electrons. The summed E-state index contributed by atoms with van der Waals surface area (Å²) in [6, 6.07) is 0. The van der Waals surface area contributed by atoms with E-state index in [1.165, 1.54) is 44.9 Å². The summed E-state index contributed by atoms with van der Waals surface area (Å²) in [6.45, 7) is 3.96. The van der Waals surface area contributed by atoms with Crippen LogP contribution in [0.2, 0.25) is 0 Å². The summed E-state index contributed by atoms with van der Waals surface area (Å²) in [6.07, 6.45) is 14.1.